The molecule has 0 aliphatic carbocycles. The van der Waals surface area contributed by atoms with Gasteiger partial charge in [0.15, 0.2) is 0 Å². The second kappa shape index (κ2) is 3.88. The smallest absolute Gasteiger partial charge is 0.0956 e. The van der Waals surface area contributed by atoms with Crippen molar-refractivity contribution >= 4 is 27.3 Å². The number of rotatable bonds is 2. The molecule has 0 aliphatic heterocycles. The summed E-state index contributed by atoms with van der Waals surface area (Å²) in [6, 6.07) is 1.91. The summed E-state index contributed by atoms with van der Waals surface area (Å²) in [6.45, 7) is 2.00. The fraction of sp³-hybridized carbons (Fsp3) is 0.200. The van der Waals surface area contributed by atoms with E-state index in [1.165, 1.54) is 0 Å². The highest BCUT2D eigenvalue weighted by molar-refractivity contribution is 9.10. The normalized spacial score (nSPS) is 13.1. The van der Waals surface area contributed by atoms with Gasteiger partial charge in [-0.15, -0.1) is 11.3 Å². The van der Waals surface area contributed by atoms with Gasteiger partial charge in [0.1, 0.15) is 0 Å². The number of thiophene rings is 1. The number of aryl methyl sites for hydroxylation is 1. The molecule has 1 atom stereocenters. The molecule has 0 bridgehead atoms. The maximum Gasteiger partial charge on any atom is 0.0956 e. The molecule has 0 saturated heterocycles. The van der Waals surface area contributed by atoms with Crippen LogP contribution in [0.4, 0.5) is 0 Å². The minimum atomic E-state index is -0.0943. The van der Waals surface area contributed by atoms with E-state index in [0.717, 1.165) is 20.5 Å². The number of furan rings is 1. The minimum absolute atomic E-state index is 0.0943. The quantitative estimate of drug-likeness (QED) is 0.909. The Bertz CT molecular complexity index is 395. The first-order valence-electron chi connectivity index (χ1n) is 4.21. The Morgan fingerprint density at radius 2 is 2.29 bits per heavy atom. The lowest BCUT2D eigenvalue weighted by Gasteiger charge is -2.08. The van der Waals surface area contributed by atoms with E-state index in [0.29, 0.717) is 0 Å². The molecule has 0 fully saturated rings. The Morgan fingerprint density at radius 1 is 1.50 bits per heavy atom. The van der Waals surface area contributed by atoms with E-state index >= 15 is 0 Å². The van der Waals surface area contributed by atoms with Gasteiger partial charge in [-0.3, -0.25) is 0 Å². The first kappa shape index (κ1) is 9.96. The average Bonchev–Trinajstić information content (AvgIpc) is 2.73. The molecule has 2 aromatic heterocycles. The van der Waals surface area contributed by atoms with E-state index in [2.05, 4.69) is 15.9 Å². The Morgan fingerprint density at radius 3 is 2.79 bits per heavy atom. The summed E-state index contributed by atoms with van der Waals surface area (Å²) in [5.74, 6) is 0. The Hall–Kier alpha value is -0.580. The van der Waals surface area contributed by atoms with E-state index in [9.17, 15) is 0 Å². The first-order valence-corrected chi connectivity index (χ1v) is 5.88. The van der Waals surface area contributed by atoms with Gasteiger partial charge in [0, 0.05) is 14.9 Å². The Kier molecular flexibility index (Phi) is 2.76. The molecule has 0 radical (unpaired) electrons. The van der Waals surface area contributed by atoms with Crippen molar-refractivity contribution in [2.24, 2.45) is 5.73 Å². The summed E-state index contributed by atoms with van der Waals surface area (Å²) in [6.07, 6.45) is 3.43. The van der Waals surface area contributed by atoms with Gasteiger partial charge in [-0.1, -0.05) is 0 Å². The zero-order valence-electron chi connectivity index (χ0n) is 7.66. The van der Waals surface area contributed by atoms with Crippen LogP contribution >= 0.6 is 27.3 Å². The fourth-order valence-corrected chi connectivity index (χ4v) is 3.00. The molecule has 2 aromatic rings. The summed E-state index contributed by atoms with van der Waals surface area (Å²) >= 11 is 5.13. The SMILES string of the molecule is Cc1cocc1C(N)c1sccc1Br. The largest absolute Gasteiger partial charge is 0.472 e. The summed E-state index contributed by atoms with van der Waals surface area (Å²) < 4.78 is 6.18. The monoisotopic (exact) mass is 271 g/mol. The fourth-order valence-electron chi connectivity index (χ4n) is 1.36. The molecule has 0 saturated carbocycles. The number of halogens is 1. The van der Waals surface area contributed by atoms with Gasteiger partial charge in [-0.2, -0.15) is 0 Å². The third-order valence-corrected chi connectivity index (χ3v) is 4.11. The van der Waals surface area contributed by atoms with Crippen LogP contribution in [0, 0.1) is 6.92 Å². The van der Waals surface area contributed by atoms with E-state index in [1.54, 1.807) is 23.9 Å². The van der Waals surface area contributed by atoms with Gasteiger partial charge in [0.05, 0.1) is 18.6 Å². The van der Waals surface area contributed by atoms with Crippen LogP contribution in [0.3, 0.4) is 0 Å². The van der Waals surface area contributed by atoms with Crippen molar-refractivity contribution in [3.05, 3.63) is 44.4 Å². The van der Waals surface area contributed by atoms with E-state index in [-0.39, 0.29) is 6.04 Å². The molecule has 0 aliphatic rings. The minimum Gasteiger partial charge on any atom is -0.472 e. The molecule has 0 spiro atoms. The van der Waals surface area contributed by atoms with Crippen molar-refractivity contribution in [1.82, 2.24) is 0 Å². The van der Waals surface area contributed by atoms with Crippen molar-refractivity contribution in [3.8, 4) is 0 Å². The summed E-state index contributed by atoms with van der Waals surface area (Å²) in [4.78, 5) is 1.13. The number of hydrogen-bond donors (Lipinski definition) is 1. The maximum atomic E-state index is 6.13. The molecular weight excluding hydrogens is 262 g/mol. The van der Waals surface area contributed by atoms with Gasteiger partial charge >= 0.3 is 0 Å². The standard InChI is InChI=1S/C10H10BrNOS/c1-6-4-13-5-7(6)9(12)10-8(11)2-3-14-10/h2-5,9H,12H2,1H3. The third kappa shape index (κ3) is 1.65. The molecule has 2 heterocycles. The highest BCUT2D eigenvalue weighted by atomic mass is 79.9. The van der Waals surface area contributed by atoms with Crippen LogP contribution < -0.4 is 5.73 Å². The second-order valence-corrected chi connectivity index (χ2v) is 4.92. The predicted octanol–water partition coefficient (Wildman–Crippen LogP) is 3.46. The topological polar surface area (TPSA) is 39.2 Å². The van der Waals surface area contributed by atoms with Crippen LogP contribution in [0.2, 0.25) is 0 Å². The van der Waals surface area contributed by atoms with E-state index in [4.69, 9.17) is 10.2 Å². The Labute approximate surface area is 94.9 Å². The molecule has 4 heteroatoms. The van der Waals surface area contributed by atoms with Crippen molar-refractivity contribution in [3.63, 3.8) is 0 Å². The number of nitrogens with two attached hydrogens (primary N) is 1. The van der Waals surface area contributed by atoms with E-state index in [1.807, 2.05) is 18.4 Å². The van der Waals surface area contributed by atoms with Gasteiger partial charge in [0.2, 0.25) is 0 Å². The highest BCUT2D eigenvalue weighted by Gasteiger charge is 2.16. The van der Waals surface area contributed by atoms with E-state index < -0.39 is 0 Å². The zero-order valence-corrected chi connectivity index (χ0v) is 10.1. The van der Waals surface area contributed by atoms with Crippen LogP contribution in [-0.4, -0.2) is 0 Å². The zero-order chi connectivity index (χ0) is 10.1. The summed E-state index contributed by atoms with van der Waals surface area (Å²) in [5.41, 5.74) is 8.27. The molecule has 2 rings (SSSR count). The first-order chi connectivity index (χ1) is 6.70. The molecule has 0 aromatic carbocycles. The van der Waals surface area contributed by atoms with Crippen LogP contribution in [0.1, 0.15) is 22.0 Å². The highest BCUT2D eigenvalue weighted by Crippen LogP contribution is 2.32. The van der Waals surface area contributed by atoms with Crippen molar-refractivity contribution in [1.29, 1.82) is 0 Å². The lowest BCUT2D eigenvalue weighted by atomic mass is 10.1. The molecule has 2 nitrogen and oxygen atoms in total. The third-order valence-electron chi connectivity index (χ3n) is 2.16. The van der Waals surface area contributed by atoms with Crippen LogP contribution in [0.15, 0.2) is 32.9 Å². The van der Waals surface area contributed by atoms with Crippen LogP contribution in [0.25, 0.3) is 0 Å². The molecular formula is C10H10BrNOS. The van der Waals surface area contributed by atoms with Gasteiger partial charge < -0.3 is 10.2 Å². The lowest BCUT2D eigenvalue weighted by molar-refractivity contribution is 0.561. The molecule has 74 valence electrons. The number of hydrogen-bond acceptors (Lipinski definition) is 3. The Balaban J connectivity index is 2.38. The molecule has 2 N–H and O–H groups in total. The predicted molar refractivity (Wildman–Crippen MR) is 61.5 cm³/mol. The summed E-state index contributed by atoms with van der Waals surface area (Å²) in [7, 11) is 0. The molecule has 14 heavy (non-hydrogen) atoms. The average molecular weight is 272 g/mol. The summed E-state index contributed by atoms with van der Waals surface area (Å²) in [5, 5.41) is 2.02. The molecule has 0 amide bonds. The maximum absolute atomic E-state index is 6.13. The van der Waals surface area contributed by atoms with Gasteiger partial charge in [-0.05, 0) is 39.9 Å². The van der Waals surface area contributed by atoms with Crippen molar-refractivity contribution in [2.45, 2.75) is 13.0 Å². The molecule has 1 unspecified atom stereocenters. The van der Waals surface area contributed by atoms with Crippen molar-refractivity contribution in [2.75, 3.05) is 0 Å². The lowest BCUT2D eigenvalue weighted by Crippen LogP contribution is -2.10. The second-order valence-electron chi connectivity index (χ2n) is 3.12. The van der Waals surface area contributed by atoms with Gasteiger partial charge in [-0.25, -0.2) is 0 Å². The van der Waals surface area contributed by atoms with Gasteiger partial charge in [0.25, 0.3) is 0 Å². The van der Waals surface area contributed by atoms with Crippen LogP contribution in [0.5, 0.6) is 0 Å². The van der Waals surface area contributed by atoms with Crippen molar-refractivity contribution < 1.29 is 4.42 Å². The van der Waals surface area contributed by atoms with Crippen LogP contribution in [-0.2, 0) is 0 Å².